The smallest absolute Gasteiger partial charge is 0.238 e. The van der Waals surface area contributed by atoms with Gasteiger partial charge in [-0.25, -0.2) is 0 Å². The van der Waals surface area contributed by atoms with E-state index in [0.717, 1.165) is 18.1 Å². The minimum absolute atomic E-state index is 0.111. The maximum atomic E-state index is 12.1. The first-order valence-corrected chi connectivity index (χ1v) is 8.24. The molecule has 0 aliphatic carbocycles. The van der Waals surface area contributed by atoms with Crippen LogP contribution in [0.1, 0.15) is 6.92 Å². The Hall–Kier alpha value is -0.620. The zero-order valence-electron chi connectivity index (χ0n) is 11.2. The number of carbonyl (C=O) groups excluding carboxylic acids is 1. The third kappa shape index (κ3) is 3.95. The summed E-state index contributed by atoms with van der Waals surface area (Å²) in [6.07, 6.45) is 0. The van der Waals surface area contributed by atoms with Crippen molar-refractivity contribution >= 4 is 52.2 Å². The van der Waals surface area contributed by atoms with Crippen LogP contribution in [-0.2, 0) is 4.79 Å². The van der Waals surface area contributed by atoms with E-state index in [9.17, 15) is 4.79 Å². The van der Waals surface area contributed by atoms with Gasteiger partial charge in [-0.3, -0.25) is 9.69 Å². The Morgan fingerprint density at radius 1 is 1.55 bits per heavy atom. The van der Waals surface area contributed by atoms with Crippen molar-refractivity contribution in [2.45, 2.75) is 13.0 Å². The van der Waals surface area contributed by atoms with E-state index in [4.69, 9.17) is 28.9 Å². The number of nitrogens with two attached hydrogens (primary N) is 1. The molecule has 1 atom stereocenters. The van der Waals surface area contributed by atoms with E-state index in [0.29, 0.717) is 34.0 Å². The van der Waals surface area contributed by atoms with Gasteiger partial charge in [0.15, 0.2) is 0 Å². The van der Waals surface area contributed by atoms with Crippen molar-refractivity contribution in [2.24, 2.45) is 0 Å². The number of nitrogen functional groups attached to an aromatic ring is 1. The molecule has 1 aromatic carbocycles. The van der Waals surface area contributed by atoms with Gasteiger partial charge in [0, 0.05) is 29.1 Å². The molecule has 1 saturated heterocycles. The maximum absolute atomic E-state index is 12.1. The first-order chi connectivity index (χ1) is 9.47. The summed E-state index contributed by atoms with van der Waals surface area (Å²) in [5, 5.41) is 3.57. The highest BCUT2D eigenvalue weighted by atomic mass is 35.5. The van der Waals surface area contributed by atoms with Crippen molar-refractivity contribution in [2.75, 3.05) is 35.6 Å². The van der Waals surface area contributed by atoms with E-state index < -0.39 is 0 Å². The molecular weight excluding hydrogens is 317 g/mol. The number of amides is 1. The van der Waals surface area contributed by atoms with Crippen LogP contribution in [0, 0.1) is 0 Å². The highest BCUT2D eigenvalue weighted by molar-refractivity contribution is 7.99. The highest BCUT2D eigenvalue weighted by Gasteiger charge is 2.21. The SMILES string of the molecule is CC1CSCCN1CC(=O)Nc1c(N)cc(Cl)cc1Cl. The van der Waals surface area contributed by atoms with Gasteiger partial charge in [0.05, 0.1) is 22.9 Å². The number of hydrogen-bond acceptors (Lipinski definition) is 4. The fourth-order valence-electron chi connectivity index (χ4n) is 2.09. The third-order valence-corrected chi connectivity index (χ3v) is 4.91. The summed E-state index contributed by atoms with van der Waals surface area (Å²) in [5.41, 5.74) is 6.63. The lowest BCUT2D eigenvalue weighted by Gasteiger charge is -2.32. The molecule has 0 spiro atoms. The van der Waals surface area contributed by atoms with Crippen LogP contribution in [-0.4, -0.2) is 41.4 Å². The lowest BCUT2D eigenvalue weighted by atomic mass is 10.2. The number of thioether (sulfide) groups is 1. The topological polar surface area (TPSA) is 58.4 Å². The Kier molecular flexibility index (Phi) is 5.43. The zero-order valence-corrected chi connectivity index (χ0v) is 13.5. The number of carbonyl (C=O) groups is 1. The average molecular weight is 334 g/mol. The Balaban J connectivity index is 2.01. The van der Waals surface area contributed by atoms with Crippen molar-refractivity contribution in [3.05, 3.63) is 22.2 Å². The van der Waals surface area contributed by atoms with Gasteiger partial charge in [0.2, 0.25) is 5.91 Å². The van der Waals surface area contributed by atoms with Crippen LogP contribution < -0.4 is 11.1 Å². The number of rotatable bonds is 3. The molecular formula is C13H17Cl2N3OS. The largest absolute Gasteiger partial charge is 0.397 e. The summed E-state index contributed by atoms with van der Waals surface area (Å²) in [5.74, 6) is 2.00. The molecule has 3 N–H and O–H groups in total. The average Bonchev–Trinajstić information content (AvgIpc) is 2.36. The molecule has 1 heterocycles. The predicted molar refractivity (Wildman–Crippen MR) is 87.9 cm³/mol. The second-order valence-corrected chi connectivity index (χ2v) is 6.79. The quantitative estimate of drug-likeness (QED) is 0.835. The second-order valence-electron chi connectivity index (χ2n) is 4.79. The van der Waals surface area contributed by atoms with Crippen LogP contribution in [0.25, 0.3) is 0 Å². The molecule has 7 heteroatoms. The number of anilines is 2. The van der Waals surface area contributed by atoms with E-state index in [1.165, 1.54) is 0 Å². The van der Waals surface area contributed by atoms with Crippen molar-refractivity contribution in [3.8, 4) is 0 Å². The summed E-state index contributed by atoms with van der Waals surface area (Å²) >= 11 is 13.8. The first kappa shape index (κ1) is 15.8. The lowest BCUT2D eigenvalue weighted by molar-refractivity contribution is -0.117. The number of nitrogens with one attached hydrogen (secondary N) is 1. The Morgan fingerprint density at radius 3 is 2.95 bits per heavy atom. The zero-order chi connectivity index (χ0) is 14.7. The Morgan fingerprint density at radius 2 is 2.30 bits per heavy atom. The predicted octanol–water partition coefficient (Wildman–Crippen LogP) is 2.95. The number of hydrogen-bond donors (Lipinski definition) is 2. The van der Waals surface area contributed by atoms with Gasteiger partial charge in [-0.05, 0) is 19.1 Å². The van der Waals surface area contributed by atoms with Crippen LogP contribution >= 0.6 is 35.0 Å². The fraction of sp³-hybridized carbons (Fsp3) is 0.462. The van der Waals surface area contributed by atoms with E-state index >= 15 is 0 Å². The fourth-order valence-corrected chi connectivity index (χ4v) is 3.72. The molecule has 110 valence electrons. The number of nitrogens with zero attached hydrogens (tertiary/aromatic N) is 1. The summed E-state index contributed by atoms with van der Waals surface area (Å²) in [6.45, 7) is 3.40. The van der Waals surface area contributed by atoms with E-state index in [1.807, 2.05) is 11.8 Å². The molecule has 0 radical (unpaired) electrons. The van der Waals surface area contributed by atoms with Crippen LogP contribution in [0.15, 0.2) is 12.1 Å². The van der Waals surface area contributed by atoms with Crippen molar-refractivity contribution in [1.82, 2.24) is 4.90 Å². The highest BCUT2D eigenvalue weighted by Crippen LogP contribution is 2.32. The van der Waals surface area contributed by atoms with Gasteiger partial charge in [-0.2, -0.15) is 11.8 Å². The number of benzene rings is 1. The maximum Gasteiger partial charge on any atom is 0.238 e. The number of halogens is 2. The van der Waals surface area contributed by atoms with Gasteiger partial charge < -0.3 is 11.1 Å². The normalized spacial score (nSPS) is 19.9. The van der Waals surface area contributed by atoms with Gasteiger partial charge in [0.1, 0.15) is 0 Å². The molecule has 1 amide bonds. The standard InChI is InChI=1S/C13H17Cl2N3OS/c1-8-7-20-3-2-18(8)6-12(19)17-13-10(15)4-9(14)5-11(13)16/h4-5,8H,2-3,6-7,16H2,1H3,(H,17,19). The molecule has 1 unspecified atom stereocenters. The van der Waals surface area contributed by atoms with Gasteiger partial charge in [0.25, 0.3) is 0 Å². The van der Waals surface area contributed by atoms with Gasteiger partial charge in [-0.15, -0.1) is 0 Å². The minimum atomic E-state index is -0.111. The summed E-state index contributed by atoms with van der Waals surface area (Å²) in [4.78, 5) is 14.3. The van der Waals surface area contributed by atoms with Crippen molar-refractivity contribution < 1.29 is 4.79 Å². The van der Waals surface area contributed by atoms with E-state index in [-0.39, 0.29) is 5.91 Å². The molecule has 0 aromatic heterocycles. The molecule has 20 heavy (non-hydrogen) atoms. The molecule has 0 bridgehead atoms. The summed E-state index contributed by atoms with van der Waals surface area (Å²) < 4.78 is 0. The Bertz CT molecular complexity index is 489. The van der Waals surface area contributed by atoms with E-state index in [2.05, 4.69) is 17.1 Å². The van der Waals surface area contributed by atoms with Gasteiger partial charge >= 0.3 is 0 Å². The van der Waals surface area contributed by atoms with Crippen LogP contribution in [0.2, 0.25) is 10.0 Å². The summed E-state index contributed by atoms with van der Waals surface area (Å²) in [7, 11) is 0. The van der Waals surface area contributed by atoms with E-state index in [1.54, 1.807) is 12.1 Å². The molecule has 0 saturated carbocycles. The second kappa shape index (κ2) is 6.89. The molecule has 1 aliphatic heterocycles. The molecule has 1 aliphatic rings. The third-order valence-electron chi connectivity index (χ3n) is 3.20. The molecule has 1 fully saturated rings. The van der Waals surface area contributed by atoms with Gasteiger partial charge in [-0.1, -0.05) is 23.2 Å². The molecule has 1 aromatic rings. The molecule has 2 rings (SSSR count). The van der Waals surface area contributed by atoms with Crippen LogP contribution in [0.4, 0.5) is 11.4 Å². The first-order valence-electron chi connectivity index (χ1n) is 6.33. The van der Waals surface area contributed by atoms with Crippen LogP contribution in [0.5, 0.6) is 0 Å². The molecule has 4 nitrogen and oxygen atoms in total. The monoisotopic (exact) mass is 333 g/mol. The lowest BCUT2D eigenvalue weighted by Crippen LogP contribution is -2.44. The van der Waals surface area contributed by atoms with Crippen LogP contribution in [0.3, 0.4) is 0 Å². The summed E-state index contributed by atoms with van der Waals surface area (Å²) in [6, 6.07) is 3.54. The van der Waals surface area contributed by atoms with Crippen molar-refractivity contribution in [1.29, 1.82) is 0 Å². The van der Waals surface area contributed by atoms with Crippen molar-refractivity contribution in [3.63, 3.8) is 0 Å². The minimum Gasteiger partial charge on any atom is -0.397 e. The Labute approximate surface area is 133 Å².